The molecule has 12 rings (SSSR count). The molecule has 8 aromatic carbocycles. The summed E-state index contributed by atoms with van der Waals surface area (Å²) in [6.45, 7) is 0. The maximum Gasteiger partial charge on any atom is 0.235 e. The summed E-state index contributed by atoms with van der Waals surface area (Å²) in [4.78, 5) is 10.9. The van der Waals surface area contributed by atoms with Gasteiger partial charge >= 0.3 is 0 Å². The number of pyridine rings is 1. The quantitative estimate of drug-likeness (QED) is 0.165. The van der Waals surface area contributed by atoms with E-state index in [1.165, 1.54) is 54.8 Å². The predicted molar refractivity (Wildman–Crippen MR) is 242 cm³/mol. The van der Waals surface area contributed by atoms with Crippen molar-refractivity contribution in [2.45, 2.75) is 0 Å². The summed E-state index contributed by atoms with van der Waals surface area (Å²) >= 11 is 0. The third-order valence-corrected chi connectivity index (χ3v) is 11.7. The van der Waals surface area contributed by atoms with Crippen LogP contribution >= 0.6 is 0 Å². The van der Waals surface area contributed by atoms with Gasteiger partial charge in [0.15, 0.2) is 0 Å². The van der Waals surface area contributed by atoms with Crippen molar-refractivity contribution >= 4 is 59.9 Å². The fraction of sp³-hybridized carbons (Fsp3) is 0. The van der Waals surface area contributed by atoms with Gasteiger partial charge in [0.2, 0.25) is 5.95 Å². The normalized spacial score (nSPS) is 11.8. The Morgan fingerprint density at radius 1 is 0.293 bits per heavy atom. The fourth-order valence-corrected chi connectivity index (χ4v) is 8.99. The number of nitrogens with zero attached hydrogens (tertiary/aromatic N) is 4. The van der Waals surface area contributed by atoms with Crippen LogP contribution in [0.25, 0.3) is 111 Å². The summed E-state index contributed by atoms with van der Waals surface area (Å²) in [6.07, 6.45) is 0. The van der Waals surface area contributed by atoms with Gasteiger partial charge in [0.1, 0.15) is 0 Å². The Morgan fingerprint density at radius 2 is 0.741 bits per heavy atom. The number of rotatable bonds is 5. The molecule has 4 heterocycles. The first-order valence-electron chi connectivity index (χ1n) is 19.7. The summed E-state index contributed by atoms with van der Waals surface area (Å²) in [7, 11) is 0. The van der Waals surface area contributed by atoms with Crippen LogP contribution in [-0.4, -0.2) is 18.9 Å². The van der Waals surface area contributed by atoms with Gasteiger partial charge in [0.05, 0.1) is 39.0 Å². The molecule has 12 aromatic rings. The minimum Gasteiger partial charge on any atom is -0.307 e. The molecule has 270 valence electrons. The lowest BCUT2D eigenvalue weighted by Gasteiger charge is -2.14. The topological polar surface area (TPSA) is 35.1 Å². The molecule has 0 aliphatic carbocycles. The Balaban J connectivity index is 1.16. The smallest absolute Gasteiger partial charge is 0.235 e. The monoisotopic (exact) mass is 738 g/mol. The number of benzene rings is 8. The number of hydrogen-bond acceptors (Lipinski definition) is 2. The molecule has 0 radical (unpaired) electrons. The molecule has 4 heteroatoms. The average Bonchev–Trinajstić information content (AvgIpc) is 3.87. The Morgan fingerprint density at radius 3 is 1.33 bits per heavy atom. The van der Waals surface area contributed by atoms with E-state index in [4.69, 9.17) is 9.97 Å². The summed E-state index contributed by atoms with van der Waals surface area (Å²) in [6, 6.07) is 73.7. The molecule has 0 fully saturated rings. The van der Waals surface area contributed by atoms with Crippen molar-refractivity contribution < 1.29 is 0 Å². The van der Waals surface area contributed by atoms with Crippen molar-refractivity contribution in [1.29, 1.82) is 0 Å². The van der Waals surface area contributed by atoms with E-state index < -0.39 is 0 Å². The van der Waals surface area contributed by atoms with Crippen LogP contribution in [0.2, 0.25) is 0 Å². The average molecular weight is 739 g/mol. The van der Waals surface area contributed by atoms with Gasteiger partial charge in [0.25, 0.3) is 0 Å². The fourth-order valence-electron chi connectivity index (χ4n) is 8.99. The van der Waals surface area contributed by atoms with E-state index in [1.54, 1.807) is 0 Å². The van der Waals surface area contributed by atoms with Gasteiger partial charge in [-0.15, -0.1) is 0 Å². The van der Waals surface area contributed by atoms with E-state index in [-0.39, 0.29) is 0 Å². The first kappa shape index (κ1) is 32.4. The first-order valence-corrected chi connectivity index (χ1v) is 19.7. The van der Waals surface area contributed by atoms with Crippen LogP contribution in [0.3, 0.4) is 0 Å². The molecule has 0 amide bonds. The van der Waals surface area contributed by atoms with Crippen molar-refractivity contribution in [3.63, 3.8) is 0 Å². The minimum atomic E-state index is 0.630. The van der Waals surface area contributed by atoms with Crippen LogP contribution < -0.4 is 0 Å². The highest BCUT2D eigenvalue weighted by atomic mass is 15.2. The molecular formula is C54H34N4. The summed E-state index contributed by atoms with van der Waals surface area (Å²) < 4.78 is 4.76. The second-order valence-corrected chi connectivity index (χ2v) is 15.0. The zero-order valence-electron chi connectivity index (χ0n) is 31.4. The van der Waals surface area contributed by atoms with Gasteiger partial charge in [-0.1, -0.05) is 182 Å². The van der Waals surface area contributed by atoms with Crippen LogP contribution in [0.1, 0.15) is 0 Å². The maximum atomic E-state index is 5.47. The lowest BCUT2D eigenvalue weighted by molar-refractivity contribution is 0.996. The van der Waals surface area contributed by atoms with Crippen LogP contribution in [0, 0.1) is 0 Å². The molecule has 4 nitrogen and oxygen atoms in total. The molecule has 0 saturated carbocycles. The zero-order chi connectivity index (χ0) is 38.2. The third-order valence-electron chi connectivity index (χ3n) is 11.7. The maximum absolute atomic E-state index is 5.47. The van der Waals surface area contributed by atoms with Crippen molar-refractivity contribution in [3.8, 4) is 50.7 Å². The van der Waals surface area contributed by atoms with Gasteiger partial charge in [-0.3, -0.25) is 4.57 Å². The van der Waals surface area contributed by atoms with Gasteiger partial charge in [-0.2, -0.15) is 0 Å². The molecule has 58 heavy (non-hydrogen) atoms. The van der Waals surface area contributed by atoms with Crippen LogP contribution in [0.4, 0.5) is 0 Å². The van der Waals surface area contributed by atoms with Gasteiger partial charge < -0.3 is 4.40 Å². The predicted octanol–water partition coefficient (Wildman–Crippen LogP) is 14.0. The Bertz CT molecular complexity index is 3420. The van der Waals surface area contributed by atoms with E-state index in [2.05, 4.69) is 215 Å². The van der Waals surface area contributed by atoms with E-state index in [1.807, 2.05) is 0 Å². The lowest BCUT2D eigenvalue weighted by atomic mass is 10.0. The standard InChI is InChI=1S/C54H34N4/c1-3-13-35(14-4-1)37-23-27-39(28-24-37)47-34-48(40-29-25-38(26-30-40)36-15-5-2-6-16-36)56-54(55-47)58-50-22-12-10-20-45(50)46-32-31-41-33-51-44-19-8-7-17-42(44)43-18-9-11-21-49(43)57(51)52(41)53(46)58/h1-34H. The summed E-state index contributed by atoms with van der Waals surface area (Å²) in [5, 5.41) is 7.20. The highest BCUT2D eigenvalue weighted by molar-refractivity contribution is 6.22. The highest BCUT2D eigenvalue weighted by Gasteiger charge is 2.22. The zero-order valence-corrected chi connectivity index (χ0v) is 31.4. The molecule has 0 spiro atoms. The summed E-state index contributed by atoms with van der Waals surface area (Å²) in [5.74, 6) is 0.630. The Hall–Kier alpha value is -7.82. The van der Waals surface area contributed by atoms with Gasteiger partial charge in [0, 0.05) is 38.1 Å². The molecule has 0 N–H and O–H groups in total. The number of fused-ring (bicyclic) bond motifs is 12. The van der Waals surface area contributed by atoms with Crippen LogP contribution in [0.5, 0.6) is 0 Å². The molecule has 0 unspecified atom stereocenters. The molecule has 4 aromatic heterocycles. The largest absolute Gasteiger partial charge is 0.307 e. The van der Waals surface area contributed by atoms with Crippen molar-refractivity contribution in [2.24, 2.45) is 0 Å². The van der Waals surface area contributed by atoms with E-state index in [9.17, 15) is 0 Å². The second kappa shape index (κ2) is 12.9. The van der Waals surface area contributed by atoms with E-state index in [0.29, 0.717) is 5.95 Å². The van der Waals surface area contributed by atoms with E-state index >= 15 is 0 Å². The molecule has 0 aliphatic heterocycles. The van der Waals surface area contributed by atoms with Crippen molar-refractivity contribution in [1.82, 2.24) is 18.9 Å². The second-order valence-electron chi connectivity index (χ2n) is 15.0. The SMILES string of the molecule is c1ccc(-c2ccc(-c3cc(-c4ccc(-c5ccccc5)cc4)nc(-n4c5ccccc5c5ccc6cc7c8ccccc8c8ccccc8n7c6c54)n3)cc2)cc1. The van der Waals surface area contributed by atoms with Crippen LogP contribution in [0.15, 0.2) is 206 Å². The lowest BCUT2D eigenvalue weighted by Crippen LogP contribution is -2.04. The number of aromatic nitrogens is 4. The molecule has 0 atom stereocenters. The highest BCUT2D eigenvalue weighted by Crippen LogP contribution is 2.41. The third kappa shape index (κ3) is 5.02. The Kier molecular flexibility index (Phi) is 7.20. The van der Waals surface area contributed by atoms with Crippen LogP contribution in [-0.2, 0) is 0 Å². The van der Waals surface area contributed by atoms with E-state index in [0.717, 1.165) is 49.8 Å². The van der Waals surface area contributed by atoms with Gasteiger partial charge in [-0.25, -0.2) is 9.97 Å². The Labute approximate surface area is 334 Å². The molecule has 0 saturated heterocycles. The van der Waals surface area contributed by atoms with Gasteiger partial charge in [-0.05, 0) is 51.9 Å². The molecule has 0 aliphatic rings. The minimum absolute atomic E-state index is 0.630. The molecular weight excluding hydrogens is 705 g/mol. The van der Waals surface area contributed by atoms with Crippen molar-refractivity contribution in [3.05, 3.63) is 206 Å². The molecule has 0 bridgehead atoms. The first-order chi connectivity index (χ1) is 28.8. The van der Waals surface area contributed by atoms with Crippen molar-refractivity contribution in [2.75, 3.05) is 0 Å². The summed E-state index contributed by atoms with van der Waals surface area (Å²) in [5.41, 5.74) is 14.1. The number of para-hydroxylation sites is 2. The number of hydrogen-bond donors (Lipinski definition) is 0.